The first-order valence-corrected chi connectivity index (χ1v) is 7.61. The molecule has 0 aromatic carbocycles. The summed E-state index contributed by atoms with van der Waals surface area (Å²) >= 11 is 0. The van der Waals surface area contributed by atoms with Gasteiger partial charge in [0.25, 0.3) is 0 Å². The van der Waals surface area contributed by atoms with Crippen molar-refractivity contribution in [2.45, 2.75) is 46.0 Å². The van der Waals surface area contributed by atoms with Gasteiger partial charge in [0.05, 0.1) is 0 Å². The Bertz CT molecular complexity index is 292. The van der Waals surface area contributed by atoms with E-state index < -0.39 is 0 Å². The highest BCUT2D eigenvalue weighted by Gasteiger charge is 2.11. The summed E-state index contributed by atoms with van der Waals surface area (Å²) in [5.41, 5.74) is 0. The topological polar surface area (TPSA) is 41.1 Å². The highest BCUT2D eigenvalue weighted by molar-refractivity contribution is 5.28. The van der Waals surface area contributed by atoms with Crippen molar-refractivity contribution in [2.24, 2.45) is 0 Å². The maximum Gasteiger partial charge on any atom is 0.225 e. The molecule has 0 aliphatic carbocycles. The van der Waals surface area contributed by atoms with Crippen molar-refractivity contribution in [3.63, 3.8) is 0 Å². The summed E-state index contributed by atoms with van der Waals surface area (Å²) in [7, 11) is 0. The van der Waals surface area contributed by atoms with E-state index in [2.05, 4.69) is 34.0 Å². The molecule has 1 fully saturated rings. The largest absolute Gasteiger partial charge is 0.338 e. The van der Waals surface area contributed by atoms with Crippen LogP contribution in [0.25, 0.3) is 0 Å². The molecule has 1 aliphatic heterocycles. The van der Waals surface area contributed by atoms with Crippen LogP contribution in [-0.2, 0) is 0 Å². The molecule has 0 bridgehead atoms. The van der Waals surface area contributed by atoms with Crippen molar-refractivity contribution in [1.82, 2.24) is 15.3 Å². The fraction of sp³-hybridized carbons (Fsp3) is 0.733. The smallest absolute Gasteiger partial charge is 0.225 e. The third-order valence-electron chi connectivity index (χ3n) is 3.16. The van der Waals surface area contributed by atoms with E-state index in [0.29, 0.717) is 0 Å². The molecule has 2 heterocycles. The molecule has 108 valence electrons. The van der Waals surface area contributed by atoms with Crippen molar-refractivity contribution >= 4 is 5.95 Å². The van der Waals surface area contributed by atoms with Crippen LogP contribution in [-0.4, -0.2) is 36.1 Å². The first-order valence-electron chi connectivity index (χ1n) is 7.61. The number of anilines is 1. The zero-order chi connectivity index (χ0) is 13.8. The van der Waals surface area contributed by atoms with Crippen LogP contribution in [0.3, 0.4) is 0 Å². The SMILES string of the molecule is CCCCCCC.c1cnc(N2CCNCC2)nc1. The molecule has 1 aromatic rings. The zero-order valence-corrected chi connectivity index (χ0v) is 12.4. The Morgan fingerprint density at radius 1 is 1.00 bits per heavy atom. The lowest BCUT2D eigenvalue weighted by molar-refractivity contribution is 0.580. The third kappa shape index (κ3) is 7.11. The maximum absolute atomic E-state index is 4.19. The zero-order valence-electron chi connectivity index (χ0n) is 12.4. The second-order valence-electron chi connectivity index (χ2n) is 4.85. The van der Waals surface area contributed by atoms with Gasteiger partial charge in [0, 0.05) is 38.6 Å². The Hall–Kier alpha value is -1.16. The number of hydrogen-bond acceptors (Lipinski definition) is 4. The number of aromatic nitrogens is 2. The van der Waals surface area contributed by atoms with Gasteiger partial charge < -0.3 is 10.2 Å². The highest BCUT2D eigenvalue weighted by Crippen LogP contribution is 2.04. The third-order valence-corrected chi connectivity index (χ3v) is 3.16. The Morgan fingerprint density at radius 3 is 2.11 bits per heavy atom. The van der Waals surface area contributed by atoms with Gasteiger partial charge in [0.15, 0.2) is 0 Å². The molecule has 0 unspecified atom stereocenters. The quantitative estimate of drug-likeness (QED) is 0.830. The Labute approximate surface area is 117 Å². The molecule has 0 amide bonds. The van der Waals surface area contributed by atoms with E-state index >= 15 is 0 Å². The molecular formula is C15H28N4. The van der Waals surface area contributed by atoms with Crippen LogP contribution >= 0.6 is 0 Å². The molecule has 0 saturated carbocycles. The van der Waals surface area contributed by atoms with Crippen molar-refractivity contribution in [1.29, 1.82) is 0 Å². The van der Waals surface area contributed by atoms with Crippen molar-refractivity contribution in [2.75, 3.05) is 31.1 Å². The predicted octanol–water partition coefficient (Wildman–Crippen LogP) is 2.86. The van der Waals surface area contributed by atoms with Crippen molar-refractivity contribution < 1.29 is 0 Å². The van der Waals surface area contributed by atoms with Crippen LogP contribution in [0.5, 0.6) is 0 Å². The lowest BCUT2D eigenvalue weighted by Crippen LogP contribution is -2.44. The Balaban J connectivity index is 0.000000224. The number of nitrogens with zero attached hydrogens (tertiary/aromatic N) is 3. The van der Waals surface area contributed by atoms with Crippen LogP contribution in [0, 0.1) is 0 Å². The number of hydrogen-bond donors (Lipinski definition) is 1. The average molecular weight is 264 g/mol. The molecule has 0 radical (unpaired) electrons. The van der Waals surface area contributed by atoms with Crippen molar-refractivity contribution in [3.8, 4) is 0 Å². The van der Waals surface area contributed by atoms with Gasteiger partial charge in [0.2, 0.25) is 5.95 Å². The number of rotatable bonds is 5. The van der Waals surface area contributed by atoms with E-state index in [1.54, 1.807) is 12.4 Å². The van der Waals surface area contributed by atoms with Gasteiger partial charge >= 0.3 is 0 Å². The van der Waals surface area contributed by atoms with Crippen LogP contribution in [0.1, 0.15) is 46.0 Å². The lowest BCUT2D eigenvalue weighted by Gasteiger charge is -2.26. The molecule has 19 heavy (non-hydrogen) atoms. The summed E-state index contributed by atoms with van der Waals surface area (Å²) < 4.78 is 0. The molecule has 4 nitrogen and oxygen atoms in total. The van der Waals surface area contributed by atoms with Gasteiger partial charge in [-0.2, -0.15) is 0 Å². The van der Waals surface area contributed by atoms with Crippen LogP contribution in [0.2, 0.25) is 0 Å². The first kappa shape index (κ1) is 15.9. The summed E-state index contributed by atoms with van der Waals surface area (Å²) in [5.74, 6) is 0.846. The average Bonchev–Trinajstić information content (AvgIpc) is 2.50. The molecule has 2 rings (SSSR count). The monoisotopic (exact) mass is 264 g/mol. The fourth-order valence-corrected chi connectivity index (χ4v) is 2.00. The number of unbranched alkanes of at least 4 members (excludes halogenated alkanes) is 4. The standard InChI is InChI=1S/C8H12N4.C7H16/c1-2-10-8(11-3-1)12-6-4-9-5-7-12;1-3-5-7-6-4-2/h1-3,9H,4-7H2;3-7H2,1-2H3. The summed E-state index contributed by atoms with van der Waals surface area (Å²) in [6.07, 6.45) is 10.6. The minimum absolute atomic E-state index is 0.846. The van der Waals surface area contributed by atoms with Gasteiger partial charge in [-0.25, -0.2) is 9.97 Å². The summed E-state index contributed by atoms with van der Waals surface area (Å²) in [5, 5.41) is 3.29. The summed E-state index contributed by atoms with van der Waals surface area (Å²) in [6.45, 7) is 8.55. The second kappa shape index (κ2) is 10.7. The molecular weight excluding hydrogens is 236 g/mol. The Kier molecular flexibility index (Phi) is 8.98. The van der Waals surface area contributed by atoms with Crippen LogP contribution in [0.15, 0.2) is 18.5 Å². The maximum atomic E-state index is 4.19. The van der Waals surface area contributed by atoms with E-state index in [4.69, 9.17) is 0 Å². The normalized spacial score (nSPS) is 14.7. The fourth-order valence-electron chi connectivity index (χ4n) is 2.00. The van der Waals surface area contributed by atoms with E-state index in [9.17, 15) is 0 Å². The second-order valence-corrected chi connectivity index (χ2v) is 4.85. The van der Waals surface area contributed by atoms with Crippen LogP contribution in [0.4, 0.5) is 5.95 Å². The molecule has 1 N–H and O–H groups in total. The molecule has 4 heteroatoms. The predicted molar refractivity (Wildman–Crippen MR) is 81.5 cm³/mol. The Morgan fingerprint density at radius 2 is 1.58 bits per heavy atom. The van der Waals surface area contributed by atoms with Gasteiger partial charge in [-0.05, 0) is 6.07 Å². The lowest BCUT2D eigenvalue weighted by atomic mass is 10.2. The van der Waals surface area contributed by atoms with Crippen molar-refractivity contribution in [3.05, 3.63) is 18.5 Å². The number of nitrogens with one attached hydrogen (secondary N) is 1. The molecule has 1 saturated heterocycles. The summed E-state index contributed by atoms with van der Waals surface area (Å²) in [4.78, 5) is 10.6. The van der Waals surface area contributed by atoms with Gasteiger partial charge in [-0.15, -0.1) is 0 Å². The first-order chi connectivity index (χ1) is 9.38. The van der Waals surface area contributed by atoms with Crippen LogP contribution < -0.4 is 10.2 Å². The minimum atomic E-state index is 0.846. The van der Waals surface area contributed by atoms with Gasteiger partial charge in [-0.3, -0.25) is 0 Å². The minimum Gasteiger partial charge on any atom is -0.338 e. The number of piperazine rings is 1. The van der Waals surface area contributed by atoms with E-state index in [1.165, 1.54) is 32.1 Å². The molecule has 0 atom stereocenters. The molecule has 0 spiro atoms. The van der Waals surface area contributed by atoms with Gasteiger partial charge in [0.1, 0.15) is 0 Å². The van der Waals surface area contributed by atoms with Gasteiger partial charge in [-0.1, -0.05) is 46.0 Å². The van der Waals surface area contributed by atoms with E-state index in [-0.39, 0.29) is 0 Å². The molecule has 1 aromatic heterocycles. The van der Waals surface area contributed by atoms with E-state index in [1.807, 2.05) is 6.07 Å². The van der Waals surface area contributed by atoms with E-state index in [0.717, 1.165) is 32.1 Å². The molecule has 1 aliphatic rings. The summed E-state index contributed by atoms with van der Waals surface area (Å²) in [6, 6.07) is 1.84. The highest BCUT2D eigenvalue weighted by atomic mass is 15.3.